The van der Waals surface area contributed by atoms with Crippen LogP contribution >= 0.6 is 0 Å². The van der Waals surface area contributed by atoms with E-state index in [0.29, 0.717) is 11.3 Å². The number of rotatable bonds is 7. The summed E-state index contributed by atoms with van der Waals surface area (Å²) in [6.07, 6.45) is -4.74. The molecular weight excluding hydrogens is 461 g/mol. The van der Waals surface area contributed by atoms with E-state index in [1.165, 1.54) is 29.2 Å². The number of carbonyl (C=O) groups excluding carboxylic acids is 1. The standard InChI is InChI=1S/C26H23F3N2O4/c1-15(2)23(25(33)34)31-14-18-4-3-17(13-22(18)24(31)32)16-5-7-19(8-6-16)30-20-9-11-21(12-10-20)35-26(27,28)29/h3-13,15,23,30H,14H2,1-2H3,(H,33,34)/t23-/m0/s1. The maximum atomic E-state index is 13.0. The summed E-state index contributed by atoms with van der Waals surface area (Å²) in [5.41, 5.74) is 4.28. The maximum absolute atomic E-state index is 13.0. The summed E-state index contributed by atoms with van der Waals surface area (Å²) in [5.74, 6) is -1.84. The Labute approximate surface area is 199 Å². The number of ether oxygens (including phenoxy) is 1. The number of hydrogen-bond donors (Lipinski definition) is 2. The summed E-state index contributed by atoms with van der Waals surface area (Å²) in [6.45, 7) is 3.82. The van der Waals surface area contributed by atoms with Gasteiger partial charge in [0.05, 0.1) is 0 Å². The first-order valence-electron chi connectivity index (χ1n) is 10.9. The van der Waals surface area contributed by atoms with Crippen LogP contribution in [0.5, 0.6) is 5.75 Å². The lowest BCUT2D eigenvalue weighted by Crippen LogP contribution is -2.44. The van der Waals surface area contributed by atoms with Crippen molar-refractivity contribution in [3.05, 3.63) is 77.9 Å². The highest BCUT2D eigenvalue weighted by molar-refractivity contribution is 6.01. The number of fused-ring (bicyclic) bond motifs is 1. The number of hydrogen-bond acceptors (Lipinski definition) is 4. The average molecular weight is 484 g/mol. The molecule has 0 fully saturated rings. The van der Waals surface area contributed by atoms with Crippen LogP contribution in [0.1, 0.15) is 29.8 Å². The number of benzene rings is 3. The van der Waals surface area contributed by atoms with Crippen molar-refractivity contribution >= 4 is 23.3 Å². The van der Waals surface area contributed by atoms with Gasteiger partial charge >= 0.3 is 12.3 Å². The molecule has 0 spiro atoms. The molecule has 1 amide bonds. The summed E-state index contributed by atoms with van der Waals surface area (Å²) < 4.78 is 40.8. The van der Waals surface area contributed by atoms with Crippen LogP contribution in [0.15, 0.2) is 66.7 Å². The van der Waals surface area contributed by atoms with Crippen molar-refractivity contribution in [2.45, 2.75) is 32.8 Å². The van der Waals surface area contributed by atoms with Gasteiger partial charge in [-0.2, -0.15) is 0 Å². The summed E-state index contributed by atoms with van der Waals surface area (Å²) in [7, 11) is 0. The van der Waals surface area contributed by atoms with Gasteiger partial charge in [-0.15, -0.1) is 13.2 Å². The van der Waals surface area contributed by atoms with Crippen LogP contribution in [-0.2, 0) is 11.3 Å². The fourth-order valence-electron chi connectivity index (χ4n) is 4.16. The van der Waals surface area contributed by atoms with Gasteiger partial charge in [0, 0.05) is 23.5 Å². The number of halogens is 3. The van der Waals surface area contributed by atoms with Gasteiger partial charge in [0.25, 0.3) is 5.91 Å². The van der Waals surface area contributed by atoms with E-state index in [9.17, 15) is 27.9 Å². The van der Waals surface area contributed by atoms with Crippen LogP contribution in [0, 0.1) is 5.92 Å². The fraction of sp³-hybridized carbons (Fsp3) is 0.231. The highest BCUT2D eigenvalue weighted by Crippen LogP contribution is 2.32. The third-order valence-corrected chi connectivity index (χ3v) is 5.76. The smallest absolute Gasteiger partial charge is 0.480 e. The molecule has 1 heterocycles. The molecule has 0 aliphatic carbocycles. The molecule has 6 nitrogen and oxygen atoms in total. The molecule has 1 aliphatic heterocycles. The molecule has 0 radical (unpaired) electrons. The van der Waals surface area contributed by atoms with Gasteiger partial charge in [-0.05, 0) is 65.1 Å². The second-order valence-electron chi connectivity index (χ2n) is 8.61. The molecule has 0 saturated carbocycles. The molecule has 3 aromatic rings. The zero-order valence-corrected chi connectivity index (χ0v) is 19.0. The minimum Gasteiger partial charge on any atom is -0.480 e. The number of carbonyl (C=O) groups is 2. The second-order valence-corrected chi connectivity index (χ2v) is 8.61. The highest BCUT2D eigenvalue weighted by atomic mass is 19.4. The lowest BCUT2D eigenvalue weighted by Gasteiger charge is -2.27. The first-order valence-corrected chi connectivity index (χ1v) is 10.9. The third kappa shape index (κ3) is 5.40. The van der Waals surface area contributed by atoms with Crippen LogP contribution in [0.2, 0.25) is 0 Å². The molecule has 3 aromatic carbocycles. The number of aliphatic carboxylic acids is 1. The predicted octanol–water partition coefficient (Wildman–Crippen LogP) is 6.06. The summed E-state index contributed by atoms with van der Waals surface area (Å²) >= 11 is 0. The molecule has 0 bridgehead atoms. The van der Waals surface area contributed by atoms with Crippen molar-refractivity contribution in [1.82, 2.24) is 4.90 Å². The van der Waals surface area contributed by atoms with E-state index < -0.39 is 18.4 Å². The highest BCUT2D eigenvalue weighted by Gasteiger charge is 2.38. The Kier molecular flexibility index (Phi) is 6.43. The summed E-state index contributed by atoms with van der Waals surface area (Å²) in [6, 6.07) is 17.4. The van der Waals surface area contributed by atoms with Crippen molar-refractivity contribution in [2.24, 2.45) is 5.92 Å². The topological polar surface area (TPSA) is 78.9 Å². The molecule has 0 saturated heterocycles. The van der Waals surface area contributed by atoms with E-state index in [2.05, 4.69) is 10.1 Å². The van der Waals surface area contributed by atoms with Crippen molar-refractivity contribution in [1.29, 1.82) is 0 Å². The zero-order chi connectivity index (χ0) is 25.3. The van der Waals surface area contributed by atoms with Crippen LogP contribution < -0.4 is 10.1 Å². The molecular formula is C26H23F3N2O4. The van der Waals surface area contributed by atoms with Gasteiger partial charge in [-0.25, -0.2) is 4.79 Å². The van der Waals surface area contributed by atoms with Crippen LogP contribution in [0.3, 0.4) is 0 Å². The number of nitrogens with one attached hydrogen (secondary N) is 1. The minimum absolute atomic E-state index is 0.223. The molecule has 0 aromatic heterocycles. The molecule has 1 atom stereocenters. The normalized spacial score (nSPS) is 14.1. The number of anilines is 2. The van der Waals surface area contributed by atoms with Crippen LogP contribution in [-0.4, -0.2) is 34.3 Å². The molecule has 0 unspecified atom stereocenters. The Balaban J connectivity index is 1.47. The average Bonchev–Trinajstić information content (AvgIpc) is 3.09. The van der Waals surface area contributed by atoms with E-state index in [1.807, 2.05) is 36.4 Å². The number of nitrogens with zero attached hydrogens (tertiary/aromatic N) is 1. The van der Waals surface area contributed by atoms with E-state index in [4.69, 9.17) is 0 Å². The third-order valence-electron chi connectivity index (χ3n) is 5.76. The summed E-state index contributed by atoms with van der Waals surface area (Å²) in [4.78, 5) is 26.1. The van der Waals surface area contributed by atoms with Gasteiger partial charge in [0.15, 0.2) is 0 Å². The molecule has 4 rings (SSSR count). The maximum Gasteiger partial charge on any atom is 0.573 e. The Bertz CT molecular complexity index is 1240. The Morgan fingerprint density at radius 3 is 2.09 bits per heavy atom. The molecule has 35 heavy (non-hydrogen) atoms. The molecule has 9 heteroatoms. The quantitative estimate of drug-likeness (QED) is 0.426. The van der Waals surface area contributed by atoms with Gasteiger partial charge < -0.3 is 20.1 Å². The minimum atomic E-state index is -4.74. The molecule has 1 aliphatic rings. The lowest BCUT2D eigenvalue weighted by atomic mass is 10.00. The van der Waals surface area contributed by atoms with Crippen LogP contribution in [0.4, 0.5) is 24.5 Å². The Morgan fingerprint density at radius 1 is 0.971 bits per heavy atom. The first kappa shape index (κ1) is 24.1. The van der Waals surface area contributed by atoms with Crippen molar-refractivity contribution < 1.29 is 32.6 Å². The number of alkyl halides is 3. The molecule has 182 valence electrons. The zero-order valence-electron chi connectivity index (χ0n) is 19.0. The van der Waals surface area contributed by atoms with E-state index in [0.717, 1.165) is 22.4 Å². The van der Waals surface area contributed by atoms with Crippen molar-refractivity contribution in [3.63, 3.8) is 0 Å². The summed E-state index contributed by atoms with van der Waals surface area (Å²) in [5, 5.41) is 12.7. The predicted molar refractivity (Wildman–Crippen MR) is 124 cm³/mol. The van der Waals surface area contributed by atoms with Gasteiger partial charge in [-0.3, -0.25) is 4.79 Å². The Hall–Kier alpha value is -4.01. The SMILES string of the molecule is CC(C)[C@@H](C(=O)O)N1Cc2ccc(-c3ccc(Nc4ccc(OC(F)(F)F)cc4)cc3)cc2C1=O. The first-order chi connectivity index (χ1) is 16.5. The monoisotopic (exact) mass is 484 g/mol. The second kappa shape index (κ2) is 9.32. The number of amides is 1. The van der Waals surface area contributed by atoms with E-state index in [-0.39, 0.29) is 24.1 Å². The lowest BCUT2D eigenvalue weighted by molar-refractivity contribution is -0.274. The van der Waals surface area contributed by atoms with Gasteiger partial charge in [0.2, 0.25) is 0 Å². The van der Waals surface area contributed by atoms with E-state index >= 15 is 0 Å². The largest absolute Gasteiger partial charge is 0.573 e. The number of carboxylic acids is 1. The molecule has 2 N–H and O–H groups in total. The van der Waals surface area contributed by atoms with E-state index in [1.54, 1.807) is 19.9 Å². The van der Waals surface area contributed by atoms with Gasteiger partial charge in [-0.1, -0.05) is 38.1 Å². The van der Waals surface area contributed by atoms with Crippen molar-refractivity contribution in [2.75, 3.05) is 5.32 Å². The van der Waals surface area contributed by atoms with Crippen molar-refractivity contribution in [3.8, 4) is 16.9 Å². The number of carboxylic acid groups (broad SMARTS) is 1. The van der Waals surface area contributed by atoms with Gasteiger partial charge in [0.1, 0.15) is 11.8 Å². The fourth-order valence-corrected chi connectivity index (χ4v) is 4.16. The Morgan fingerprint density at radius 2 is 1.54 bits per heavy atom. The van der Waals surface area contributed by atoms with Crippen LogP contribution in [0.25, 0.3) is 11.1 Å².